The fourth-order valence-electron chi connectivity index (χ4n) is 1.17. The van der Waals surface area contributed by atoms with Gasteiger partial charge in [0.05, 0.1) is 6.10 Å². The molecule has 48 valence electrons. The monoisotopic (exact) mass is 115 g/mol. The van der Waals surface area contributed by atoms with Gasteiger partial charge >= 0.3 is 0 Å². The Morgan fingerprint density at radius 1 is 1.75 bits per heavy atom. The van der Waals surface area contributed by atoms with Crippen molar-refractivity contribution in [2.24, 2.45) is 0 Å². The average Bonchev–Trinajstić information content (AvgIpc) is 2.14. The molecule has 0 radical (unpaired) electrons. The molecule has 1 aliphatic rings. The Hall–Kier alpha value is -0.0800. The highest BCUT2D eigenvalue weighted by atomic mass is 16.3. The summed E-state index contributed by atoms with van der Waals surface area (Å²) >= 11 is 0. The van der Waals surface area contributed by atoms with Crippen LogP contribution in [0.4, 0.5) is 0 Å². The Kier molecular flexibility index (Phi) is 1.86. The summed E-state index contributed by atoms with van der Waals surface area (Å²) in [6, 6.07) is 0.370. The van der Waals surface area contributed by atoms with Crippen molar-refractivity contribution in [1.29, 1.82) is 0 Å². The second-order valence-electron chi connectivity index (χ2n) is 2.32. The van der Waals surface area contributed by atoms with E-state index in [0.29, 0.717) is 6.04 Å². The summed E-state index contributed by atoms with van der Waals surface area (Å²) in [5.74, 6) is 0. The van der Waals surface area contributed by atoms with E-state index in [2.05, 4.69) is 12.2 Å². The predicted octanol–water partition coefficient (Wildman–Crippen LogP) is 0.119. The molecule has 0 amide bonds. The predicted molar refractivity (Wildman–Crippen MR) is 32.7 cm³/mol. The second-order valence-corrected chi connectivity index (χ2v) is 2.32. The summed E-state index contributed by atoms with van der Waals surface area (Å²) in [7, 11) is 0. The van der Waals surface area contributed by atoms with Crippen molar-refractivity contribution < 1.29 is 5.11 Å². The van der Waals surface area contributed by atoms with Gasteiger partial charge in [-0.05, 0) is 19.4 Å². The summed E-state index contributed by atoms with van der Waals surface area (Å²) in [6.07, 6.45) is 1.89. The lowest BCUT2D eigenvalue weighted by atomic mass is 10.1. The average molecular weight is 115 g/mol. The Morgan fingerprint density at radius 3 is 2.75 bits per heavy atom. The van der Waals surface area contributed by atoms with Gasteiger partial charge < -0.3 is 10.4 Å². The molecule has 1 fully saturated rings. The molecular formula is C6H13NO. The molecule has 0 bridgehead atoms. The van der Waals surface area contributed by atoms with Gasteiger partial charge in [-0.15, -0.1) is 0 Å². The quantitative estimate of drug-likeness (QED) is 0.508. The maximum absolute atomic E-state index is 9.13. The SMILES string of the molecule is CC[C@@H]1NCC[C@@H]1O. The minimum Gasteiger partial charge on any atom is -0.391 e. The number of aliphatic hydroxyl groups excluding tert-OH is 1. The molecule has 1 saturated heterocycles. The summed E-state index contributed by atoms with van der Waals surface area (Å²) in [4.78, 5) is 0. The van der Waals surface area contributed by atoms with Crippen LogP contribution in [0.1, 0.15) is 19.8 Å². The van der Waals surface area contributed by atoms with Gasteiger partial charge in [0.1, 0.15) is 0 Å². The van der Waals surface area contributed by atoms with Crippen LogP contribution in [0, 0.1) is 0 Å². The van der Waals surface area contributed by atoms with E-state index in [1.807, 2.05) is 0 Å². The highest BCUT2D eigenvalue weighted by molar-refractivity contribution is 4.81. The molecule has 0 saturated carbocycles. The van der Waals surface area contributed by atoms with E-state index >= 15 is 0 Å². The first-order valence-corrected chi connectivity index (χ1v) is 3.26. The van der Waals surface area contributed by atoms with Crippen LogP contribution in [0.25, 0.3) is 0 Å². The number of rotatable bonds is 1. The van der Waals surface area contributed by atoms with Gasteiger partial charge in [-0.2, -0.15) is 0 Å². The minimum absolute atomic E-state index is 0.0833. The van der Waals surface area contributed by atoms with E-state index < -0.39 is 0 Å². The molecule has 8 heavy (non-hydrogen) atoms. The summed E-state index contributed by atoms with van der Waals surface area (Å²) < 4.78 is 0. The van der Waals surface area contributed by atoms with Crippen molar-refractivity contribution in [3.8, 4) is 0 Å². The van der Waals surface area contributed by atoms with Gasteiger partial charge in [0.2, 0.25) is 0 Å². The largest absolute Gasteiger partial charge is 0.391 e. The van der Waals surface area contributed by atoms with Gasteiger partial charge in [0, 0.05) is 6.04 Å². The molecule has 2 heteroatoms. The number of hydrogen-bond donors (Lipinski definition) is 2. The molecule has 0 aliphatic carbocycles. The molecule has 0 unspecified atom stereocenters. The fraction of sp³-hybridized carbons (Fsp3) is 1.00. The zero-order valence-electron chi connectivity index (χ0n) is 5.22. The molecule has 1 rings (SSSR count). The first-order valence-electron chi connectivity index (χ1n) is 3.26. The lowest BCUT2D eigenvalue weighted by Gasteiger charge is -2.09. The van der Waals surface area contributed by atoms with E-state index in [-0.39, 0.29) is 6.10 Å². The summed E-state index contributed by atoms with van der Waals surface area (Å²) in [5, 5.41) is 12.3. The van der Waals surface area contributed by atoms with E-state index in [1.165, 1.54) is 0 Å². The number of nitrogens with one attached hydrogen (secondary N) is 1. The van der Waals surface area contributed by atoms with Crippen LogP contribution in [0.2, 0.25) is 0 Å². The van der Waals surface area contributed by atoms with E-state index in [4.69, 9.17) is 5.11 Å². The number of hydrogen-bond acceptors (Lipinski definition) is 2. The van der Waals surface area contributed by atoms with Crippen molar-refractivity contribution in [3.63, 3.8) is 0 Å². The standard InChI is InChI=1S/C6H13NO/c1-2-5-6(8)3-4-7-5/h5-8H,2-4H2,1H3/t5-,6-/m0/s1. The van der Waals surface area contributed by atoms with Crippen molar-refractivity contribution in [3.05, 3.63) is 0 Å². The molecule has 2 N–H and O–H groups in total. The Balaban J connectivity index is 2.30. The summed E-state index contributed by atoms with van der Waals surface area (Å²) in [6.45, 7) is 3.08. The third-order valence-corrected chi connectivity index (χ3v) is 1.75. The van der Waals surface area contributed by atoms with Crippen molar-refractivity contribution in [2.75, 3.05) is 6.54 Å². The smallest absolute Gasteiger partial charge is 0.0705 e. The lowest BCUT2D eigenvalue weighted by Crippen LogP contribution is -2.28. The third kappa shape index (κ3) is 1.01. The van der Waals surface area contributed by atoms with Crippen LogP contribution < -0.4 is 5.32 Å². The van der Waals surface area contributed by atoms with Crippen molar-refractivity contribution >= 4 is 0 Å². The molecule has 1 heterocycles. The molecular weight excluding hydrogens is 102 g/mol. The van der Waals surface area contributed by atoms with Gasteiger partial charge in [0.25, 0.3) is 0 Å². The maximum Gasteiger partial charge on any atom is 0.0705 e. The van der Waals surface area contributed by atoms with Gasteiger partial charge in [-0.25, -0.2) is 0 Å². The van der Waals surface area contributed by atoms with Crippen LogP contribution in [-0.2, 0) is 0 Å². The molecule has 2 nitrogen and oxygen atoms in total. The first-order chi connectivity index (χ1) is 3.84. The first kappa shape index (κ1) is 6.05. The minimum atomic E-state index is -0.0833. The summed E-state index contributed by atoms with van der Waals surface area (Å²) in [5.41, 5.74) is 0. The topological polar surface area (TPSA) is 32.3 Å². The molecule has 2 atom stereocenters. The fourth-order valence-corrected chi connectivity index (χ4v) is 1.17. The molecule has 0 aromatic carbocycles. The van der Waals surface area contributed by atoms with Crippen molar-refractivity contribution in [2.45, 2.75) is 31.9 Å². The normalized spacial score (nSPS) is 38.2. The molecule has 0 spiro atoms. The van der Waals surface area contributed by atoms with E-state index in [1.54, 1.807) is 0 Å². The van der Waals surface area contributed by atoms with E-state index in [0.717, 1.165) is 19.4 Å². The number of aliphatic hydroxyl groups is 1. The Bertz CT molecular complexity index is 74.9. The van der Waals surface area contributed by atoms with Crippen molar-refractivity contribution in [1.82, 2.24) is 5.32 Å². The third-order valence-electron chi connectivity index (χ3n) is 1.75. The Morgan fingerprint density at radius 2 is 2.50 bits per heavy atom. The maximum atomic E-state index is 9.13. The molecule has 1 aliphatic heterocycles. The van der Waals surface area contributed by atoms with Crippen LogP contribution in [0.5, 0.6) is 0 Å². The van der Waals surface area contributed by atoms with Gasteiger partial charge in [-0.1, -0.05) is 6.92 Å². The lowest BCUT2D eigenvalue weighted by molar-refractivity contribution is 0.157. The zero-order valence-corrected chi connectivity index (χ0v) is 5.22. The second kappa shape index (κ2) is 2.46. The van der Waals surface area contributed by atoms with Gasteiger partial charge in [-0.3, -0.25) is 0 Å². The Labute approximate surface area is 49.9 Å². The molecule has 0 aromatic rings. The van der Waals surface area contributed by atoms with Crippen LogP contribution in [0.3, 0.4) is 0 Å². The highest BCUT2D eigenvalue weighted by Gasteiger charge is 2.21. The highest BCUT2D eigenvalue weighted by Crippen LogP contribution is 2.08. The van der Waals surface area contributed by atoms with Gasteiger partial charge in [0.15, 0.2) is 0 Å². The van der Waals surface area contributed by atoms with Crippen LogP contribution in [0.15, 0.2) is 0 Å². The van der Waals surface area contributed by atoms with Crippen LogP contribution in [-0.4, -0.2) is 23.8 Å². The molecule has 0 aromatic heterocycles. The van der Waals surface area contributed by atoms with Crippen LogP contribution >= 0.6 is 0 Å². The van der Waals surface area contributed by atoms with E-state index in [9.17, 15) is 0 Å². The zero-order chi connectivity index (χ0) is 5.98.